The molecule has 0 bridgehead atoms. The normalized spacial score (nSPS) is 12.2. The van der Waals surface area contributed by atoms with E-state index in [-0.39, 0.29) is 17.3 Å². The Labute approximate surface area is 220 Å². The summed E-state index contributed by atoms with van der Waals surface area (Å²) in [6, 6.07) is 8.71. The number of nitrogens with one attached hydrogen (secondary N) is 3. The predicted molar refractivity (Wildman–Crippen MR) is 149 cm³/mol. The number of ether oxygens (including phenoxy) is 1. The van der Waals surface area contributed by atoms with Gasteiger partial charge in [0, 0.05) is 50.9 Å². The molecule has 0 radical (unpaired) electrons. The van der Waals surface area contributed by atoms with Crippen LogP contribution in [0.1, 0.15) is 5.56 Å². The number of fused-ring (bicyclic) bond motifs is 1. The Balaban J connectivity index is 2.04. The average molecular weight is 529 g/mol. The van der Waals surface area contributed by atoms with Crippen molar-refractivity contribution in [1.29, 1.82) is 0 Å². The SMILES string of the molecule is C=CNNc1cc(N=C(N)/C=C(\NN)c2ccc3c(cnn3C)c2)c(OC(F)F)cc1N(C)CCN(C)C. The molecule has 3 rings (SSSR count). The van der Waals surface area contributed by atoms with Crippen LogP contribution >= 0.6 is 0 Å². The summed E-state index contributed by atoms with van der Waals surface area (Å²) in [5, 5.41) is 5.15. The minimum atomic E-state index is -3.06. The van der Waals surface area contributed by atoms with E-state index in [1.807, 2.05) is 56.2 Å². The summed E-state index contributed by atoms with van der Waals surface area (Å²) in [5.41, 5.74) is 18.1. The number of anilines is 2. The fraction of sp³-hybridized carbons (Fsp3) is 0.280. The molecule has 13 heteroatoms. The van der Waals surface area contributed by atoms with E-state index in [1.165, 1.54) is 18.3 Å². The van der Waals surface area contributed by atoms with Crippen molar-refractivity contribution in [2.45, 2.75) is 6.61 Å². The molecule has 2 aromatic carbocycles. The smallest absolute Gasteiger partial charge is 0.387 e. The van der Waals surface area contributed by atoms with Crippen LogP contribution in [0.3, 0.4) is 0 Å². The number of halogens is 2. The van der Waals surface area contributed by atoms with E-state index in [0.717, 1.165) is 23.0 Å². The summed E-state index contributed by atoms with van der Waals surface area (Å²) in [6.45, 7) is 1.95. The summed E-state index contributed by atoms with van der Waals surface area (Å²) in [6.07, 6.45) is 4.70. The van der Waals surface area contributed by atoms with Gasteiger partial charge >= 0.3 is 6.61 Å². The molecule has 0 spiro atoms. The maximum atomic E-state index is 13.3. The number of aliphatic imine (C=N–C) groups is 1. The van der Waals surface area contributed by atoms with E-state index in [2.05, 4.69) is 32.9 Å². The van der Waals surface area contributed by atoms with Crippen LogP contribution in [0.15, 0.2) is 60.4 Å². The zero-order valence-electron chi connectivity index (χ0n) is 21.9. The van der Waals surface area contributed by atoms with Crippen molar-refractivity contribution in [1.82, 2.24) is 25.5 Å². The fourth-order valence-corrected chi connectivity index (χ4v) is 3.71. The van der Waals surface area contributed by atoms with Crippen molar-refractivity contribution in [2.75, 3.05) is 44.6 Å². The van der Waals surface area contributed by atoms with Gasteiger partial charge in [-0.15, -0.1) is 0 Å². The Morgan fingerprint density at radius 3 is 2.66 bits per heavy atom. The molecule has 0 fully saturated rings. The molecule has 38 heavy (non-hydrogen) atoms. The summed E-state index contributed by atoms with van der Waals surface area (Å²) >= 11 is 0. The maximum Gasteiger partial charge on any atom is 0.387 e. The van der Waals surface area contributed by atoms with Crippen molar-refractivity contribution in [3.63, 3.8) is 0 Å². The van der Waals surface area contributed by atoms with Gasteiger partial charge in [-0.05, 0) is 37.9 Å². The van der Waals surface area contributed by atoms with Gasteiger partial charge in [0.15, 0.2) is 5.75 Å². The highest BCUT2D eigenvalue weighted by molar-refractivity contribution is 6.00. The van der Waals surface area contributed by atoms with Crippen LogP contribution in [0.2, 0.25) is 0 Å². The van der Waals surface area contributed by atoms with Crippen LogP contribution in [0, 0.1) is 0 Å². The van der Waals surface area contributed by atoms with Gasteiger partial charge in [-0.3, -0.25) is 16.0 Å². The van der Waals surface area contributed by atoms with Crippen molar-refractivity contribution in [3.8, 4) is 5.75 Å². The van der Waals surface area contributed by atoms with E-state index in [1.54, 1.807) is 16.9 Å². The van der Waals surface area contributed by atoms with E-state index >= 15 is 0 Å². The van der Waals surface area contributed by atoms with Crippen LogP contribution in [0.25, 0.3) is 16.6 Å². The van der Waals surface area contributed by atoms with Gasteiger partial charge in [0.25, 0.3) is 0 Å². The van der Waals surface area contributed by atoms with Gasteiger partial charge in [0.1, 0.15) is 11.5 Å². The van der Waals surface area contributed by atoms with E-state index < -0.39 is 6.61 Å². The van der Waals surface area contributed by atoms with Gasteiger partial charge < -0.3 is 31.1 Å². The molecule has 7 N–H and O–H groups in total. The molecule has 0 aliphatic carbocycles. The number of hydrogen-bond donors (Lipinski definition) is 5. The number of benzene rings is 2. The number of hydrazine groups is 2. The second-order valence-corrected chi connectivity index (χ2v) is 8.69. The molecule has 204 valence electrons. The topological polar surface area (TPSA) is 134 Å². The molecule has 0 saturated carbocycles. The maximum absolute atomic E-state index is 13.3. The molecular formula is C25H34F2N10O. The lowest BCUT2D eigenvalue weighted by atomic mass is 10.1. The Morgan fingerprint density at radius 1 is 1.24 bits per heavy atom. The minimum absolute atomic E-state index is 0.0136. The second-order valence-electron chi connectivity index (χ2n) is 8.69. The molecule has 0 saturated heterocycles. The minimum Gasteiger partial charge on any atom is -0.432 e. The Morgan fingerprint density at radius 2 is 2.00 bits per heavy atom. The standard InChI is InChI=1S/C25H34F2N10O/c1-6-30-34-19-12-20(23(38-25(26)27)14-22(19)36(4)10-9-35(2)3)32-24(28)13-18(33-29)16-7-8-21-17(11-16)15-31-37(21)5/h6-8,11-15,25,30,33-34H,1,9-10,29H2,2-5H3,(H2,28,32)/b18-13-. The molecule has 0 unspecified atom stereocenters. The first-order chi connectivity index (χ1) is 18.1. The van der Waals surface area contributed by atoms with Crippen molar-refractivity contribution in [2.24, 2.45) is 23.6 Å². The molecule has 0 aliphatic rings. The number of aromatic nitrogens is 2. The number of rotatable bonds is 13. The number of nitrogens with zero attached hydrogens (tertiary/aromatic N) is 5. The summed E-state index contributed by atoms with van der Waals surface area (Å²) in [7, 11) is 7.60. The molecule has 11 nitrogen and oxygen atoms in total. The van der Waals surface area contributed by atoms with Crippen LogP contribution in [0.5, 0.6) is 5.75 Å². The van der Waals surface area contributed by atoms with E-state index in [4.69, 9.17) is 16.3 Å². The molecule has 3 aromatic rings. The van der Waals surface area contributed by atoms with Crippen LogP contribution < -0.4 is 37.5 Å². The summed E-state index contributed by atoms with van der Waals surface area (Å²) in [4.78, 5) is 8.29. The third kappa shape index (κ3) is 7.11. The number of nitrogens with two attached hydrogens (primary N) is 2. The monoisotopic (exact) mass is 528 g/mol. The third-order valence-corrected chi connectivity index (χ3v) is 5.65. The quantitative estimate of drug-likeness (QED) is 0.0983. The van der Waals surface area contributed by atoms with Crippen molar-refractivity contribution < 1.29 is 13.5 Å². The number of alkyl halides is 2. The first kappa shape index (κ1) is 28.2. The molecule has 0 amide bonds. The molecule has 0 aliphatic heterocycles. The van der Waals surface area contributed by atoms with E-state index in [9.17, 15) is 8.78 Å². The highest BCUT2D eigenvalue weighted by Gasteiger charge is 2.17. The van der Waals surface area contributed by atoms with Crippen LogP contribution in [-0.2, 0) is 7.05 Å². The Hall–Kier alpha value is -4.36. The number of likely N-dealkylation sites (N-methyl/N-ethyl adjacent to an activating group) is 2. The highest BCUT2D eigenvalue weighted by Crippen LogP contribution is 2.39. The van der Waals surface area contributed by atoms with E-state index in [0.29, 0.717) is 23.6 Å². The van der Waals surface area contributed by atoms with Crippen molar-refractivity contribution in [3.05, 3.63) is 60.9 Å². The molecule has 0 atom stereocenters. The Kier molecular flexibility index (Phi) is 9.46. The predicted octanol–water partition coefficient (Wildman–Crippen LogP) is 2.73. The second kappa shape index (κ2) is 12.7. The fourth-order valence-electron chi connectivity index (χ4n) is 3.71. The Bertz CT molecular complexity index is 1320. The molecular weight excluding hydrogens is 494 g/mol. The zero-order chi connectivity index (χ0) is 27.8. The first-order valence-electron chi connectivity index (χ1n) is 11.7. The zero-order valence-corrected chi connectivity index (χ0v) is 21.9. The number of hydrogen-bond acceptors (Lipinski definition) is 9. The van der Waals surface area contributed by atoms with Gasteiger partial charge in [0.05, 0.1) is 28.8 Å². The van der Waals surface area contributed by atoms with Gasteiger partial charge in [-0.1, -0.05) is 12.6 Å². The van der Waals surface area contributed by atoms with Gasteiger partial charge in [-0.2, -0.15) is 13.9 Å². The van der Waals surface area contributed by atoms with Gasteiger partial charge in [-0.25, -0.2) is 4.99 Å². The lowest BCUT2D eigenvalue weighted by Gasteiger charge is -2.25. The molecule has 1 aromatic heterocycles. The van der Waals surface area contributed by atoms with Crippen LogP contribution in [-0.4, -0.2) is 61.4 Å². The van der Waals surface area contributed by atoms with Gasteiger partial charge in [0.2, 0.25) is 0 Å². The lowest BCUT2D eigenvalue weighted by Crippen LogP contribution is -2.29. The number of amidine groups is 1. The summed E-state index contributed by atoms with van der Waals surface area (Å²) < 4.78 is 33.2. The van der Waals surface area contributed by atoms with Crippen molar-refractivity contribution >= 4 is 39.5 Å². The third-order valence-electron chi connectivity index (χ3n) is 5.65. The lowest BCUT2D eigenvalue weighted by molar-refractivity contribution is -0.0494. The molecule has 1 heterocycles. The largest absolute Gasteiger partial charge is 0.432 e. The first-order valence-corrected chi connectivity index (χ1v) is 11.7. The number of aryl methyl sites for hydroxylation is 1. The van der Waals surface area contributed by atoms with Crippen LogP contribution in [0.4, 0.5) is 25.8 Å². The highest BCUT2D eigenvalue weighted by atomic mass is 19.3. The summed E-state index contributed by atoms with van der Waals surface area (Å²) in [5.74, 6) is 5.64. The average Bonchev–Trinajstić information content (AvgIpc) is 3.25.